The van der Waals surface area contributed by atoms with Crippen LogP contribution in [0.3, 0.4) is 0 Å². The number of nitrogen functional groups attached to an aromatic ring is 1. The zero-order valence-corrected chi connectivity index (χ0v) is 16.9. The molecular weight excluding hydrogens is 437 g/mol. The Morgan fingerprint density at radius 2 is 2.14 bits per heavy atom. The Hall–Kier alpha value is -3.26. The van der Waals surface area contributed by atoms with E-state index in [9.17, 15) is 9.18 Å². The van der Waals surface area contributed by atoms with Gasteiger partial charge in [0.2, 0.25) is 0 Å². The Balaban J connectivity index is 1.50. The van der Waals surface area contributed by atoms with Crippen molar-refractivity contribution in [1.82, 2.24) is 19.7 Å². The van der Waals surface area contributed by atoms with Crippen LogP contribution < -0.4 is 5.73 Å². The number of benzene rings is 2. The fourth-order valence-corrected chi connectivity index (χ4v) is 4.17. The summed E-state index contributed by atoms with van der Waals surface area (Å²) in [6, 6.07) is 8.81. The number of nitrogens with one attached hydrogen (secondary N) is 1. The number of Topliss-reactive ketones (excluding diaryl/α,β-unsaturated/α-hetero) is 1. The highest BCUT2D eigenvalue weighted by Crippen LogP contribution is 2.33. The van der Waals surface area contributed by atoms with Gasteiger partial charge in [-0.05, 0) is 48.9 Å². The number of halogens is 2. The van der Waals surface area contributed by atoms with Gasteiger partial charge < -0.3 is 10.7 Å². The van der Waals surface area contributed by atoms with E-state index in [1.165, 1.54) is 16.9 Å². The normalized spacial score (nSPS) is 13.0. The molecule has 3 N–H and O–H groups in total. The topological polar surface area (TPSA) is 89.6 Å². The second kappa shape index (κ2) is 6.38. The highest BCUT2D eigenvalue weighted by atomic mass is 79.9. The third-order valence-corrected chi connectivity index (χ3v) is 5.51. The summed E-state index contributed by atoms with van der Waals surface area (Å²) in [6.07, 6.45) is 3.40. The summed E-state index contributed by atoms with van der Waals surface area (Å²) in [7, 11) is 0. The lowest BCUT2D eigenvalue weighted by Gasteiger charge is -2.06. The lowest BCUT2D eigenvalue weighted by molar-refractivity contribution is 0.103. The molecule has 0 spiro atoms. The first-order valence-electron chi connectivity index (χ1n) is 8.94. The fourth-order valence-electron chi connectivity index (χ4n) is 3.69. The number of anilines is 1. The molecule has 2 aromatic heterocycles. The van der Waals surface area contributed by atoms with Crippen molar-refractivity contribution in [2.45, 2.75) is 13.3 Å². The third-order valence-electron chi connectivity index (χ3n) is 5.05. The molecule has 0 fully saturated rings. The molecule has 6 nitrogen and oxygen atoms in total. The summed E-state index contributed by atoms with van der Waals surface area (Å²) in [6.45, 7) is 1.88. The molecule has 144 valence electrons. The first kappa shape index (κ1) is 17.8. The van der Waals surface area contributed by atoms with Crippen molar-refractivity contribution in [1.29, 1.82) is 0 Å². The molecule has 0 amide bonds. The summed E-state index contributed by atoms with van der Waals surface area (Å²) in [5.74, 6) is 0.445. The number of carbonyl (C=O) groups is 1. The highest BCUT2D eigenvalue weighted by molar-refractivity contribution is 9.10. The van der Waals surface area contributed by atoms with Gasteiger partial charge in [-0.1, -0.05) is 15.9 Å². The molecule has 29 heavy (non-hydrogen) atoms. The van der Waals surface area contributed by atoms with Crippen LogP contribution in [0.2, 0.25) is 0 Å². The van der Waals surface area contributed by atoms with Gasteiger partial charge in [0, 0.05) is 22.0 Å². The highest BCUT2D eigenvalue weighted by Gasteiger charge is 2.25. The van der Waals surface area contributed by atoms with Crippen molar-refractivity contribution >= 4 is 44.6 Å². The number of rotatable bonds is 3. The van der Waals surface area contributed by atoms with Gasteiger partial charge in [0.15, 0.2) is 5.78 Å². The van der Waals surface area contributed by atoms with Crippen molar-refractivity contribution in [3.63, 3.8) is 0 Å². The number of nitrogens with zero attached hydrogens (tertiary/aromatic N) is 3. The van der Waals surface area contributed by atoms with E-state index in [4.69, 9.17) is 5.73 Å². The molecule has 0 atom stereocenters. The molecule has 4 aromatic rings. The number of ketones is 1. The SMILES string of the molecule is Cc1nc2ccc(-n3ncc(C(=O)C4=Cc5c(F)cc(Br)cc5C4)c3N)cc2[nH]1. The monoisotopic (exact) mass is 451 g/mol. The number of aromatic amines is 1. The number of allylic oxidation sites excluding steroid dienone is 1. The average Bonchev–Trinajstić information content (AvgIpc) is 3.36. The predicted octanol–water partition coefficient (Wildman–Crippen LogP) is 4.36. The molecule has 1 aliphatic rings. The third kappa shape index (κ3) is 2.87. The minimum Gasteiger partial charge on any atom is -0.383 e. The van der Waals surface area contributed by atoms with E-state index < -0.39 is 0 Å². The maximum absolute atomic E-state index is 14.2. The van der Waals surface area contributed by atoms with Crippen LogP contribution in [0.25, 0.3) is 22.8 Å². The molecule has 2 heterocycles. The van der Waals surface area contributed by atoms with Gasteiger partial charge >= 0.3 is 0 Å². The molecule has 0 bridgehead atoms. The van der Waals surface area contributed by atoms with E-state index in [0.29, 0.717) is 27.6 Å². The Morgan fingerprint density at radius 3 is 2.97 bits per heavy atom. The number of carbonyl (C=O) groups excluding carboxylic acids is 1. The number of aromatic nitrogens is 4. The van der Waals surface area contributed by atoms with Gasteiger partial charge in [-0.2, -0.15) is 5.10 Å². The minimum atomic E-state index is -0.357. The van der Waals surface area contributed by atoms with Crippen LogP contribution in [0.15, 0.2) is 46.6 Å². The van der Waals surface area contributed by atoms with Crippen LogP contribution in [0.4, 0.5) is 10.2 Å². The van der Waals surface area contributed by atoms with Gasteiger partial charge in [-0.3, -0.25) is 4.79 Å². The summed E-state index contributed by atoms with van der Waals surface area (Å²) >= 11 is 3.29. The maximum atomic E-state index is 14.2. The molecule has 2 aromatic carbocycles. The maximum Gasteiger partial charge on any atom is 0.194 e. The van der Waals surface area contributed by atoms with Crippen LogP contribution in [0.1, 0.15) is 27.3 Å². The fraction of sp³-hybridized carbons (Fsp3) is 0.0952. The quantitative estimate of drug-likeness (QED) is 0.452. The molecular formula is C21H15BrFN5O. The Labute approximate surface area is 173 Å². The van der Waals surface area contributed by atoms with Crippen molar-refractivity contribution in [2.75, 3.05) is 5.73 Å². The van der Waals surface area contributed by atoms with Crippen molar-refractivity contribution in [2.24, 2.45) is 0 Å². The molecule has 1 aliphatic carbocycles. The predicted molar refractivity (Wildman–Crippen MR) is 112 cm³/mol. The van der Waals surface area contributed by atoms with Crippen molar-refractivity contribution in [3.05, 3.63) is 74.9 Å². The smallest absolute Gasteiger partial charge is 0.194 e. The van der Waals surface area contributed by atoms with E-state index in [1.54, 1.807) is 6.08 Å². The number of hydrogen-bond donors (Lipinski definition) is 2. The van der Waals surface area contributed by atoms with Crippen molar-refractivity contribution < 1.29 is 9.18 Å². The van der Waals surface area contributed by atoms with Crippen LogP contribution in [0.5, 0.6) is 0 Å². The molecule has 0 aliphatic heterocycles. The van der Waals surface area contributed by atoms with Crippen molar-refractivity contribution in [3.8, 4) is 5.69 Å². The van der Waals surface area contributed by atoms with E-state index in [-0.39, 0.29) is 17.4 Å². The largest absolute Gasteiger partial charge is 0.383 e. The number of hydrogen-bond acceptors (Lipinski definition) is 4. The van der Waals surface area contributed by atoms with Crippen LogP contribution in [-0.4, -0.2) is 25.5 Å². The zero-order valence-electron chi connectivity index (χ0n) is 15.3. The lowest BCUT2D eigenvalue weighted by Crippen LogP contribution is -2.08. The Morgan fingerprint density at radius 1 is 1.31 bits per heavy atom. The molecule has 8 heteroatoms. The first-order chi connectivity index (χ1) is 13.9. The summed E-state index contributed by atoms with van der Waals surface area (Å²) in [4.78, 5) is 20.6. The first-order valence-corrected chi connectivity index (χ1v) is 9.73. The van der Waals surface area contributed by atoms with Gasteiger partial charge in [-0.25, -0.2) is 14.1 Å². The molecule has 0 saturated carbocycles. The molecule has 0 unspecified atom stereocenters. The van der Waals surface area contributed by atoms with Crippen LogP contribution >= 0.6 is 15.9 Å². The second-order valence-electron chi connectivity index (χ2n) is 7.01. The average molecular weight is 452 g/mol. The molecule has 0 saturated heterocycles. The lowest BCUT2D eigenvalue weighted by atomic mass is 10.0. The number of aryl methyl sites for hydroxylation is 1. The Kier molecular flexibility index (Phi) is 3.92. The van der Waals surface area contributed by atoms with Gasteiger partial charge in [0.05, 0.1) is 28.5 Å². The van der Waals surface area contributed by atoms with Gasteiger partial charge in [0.1, 0.15) is 17.5 Å². The van der Waals surface area contributed by atoms with Crippen LogP contribution in [0, 0.1) is 12.7 Å². The van der Waals surface area contributed by atoms with Gasteiger partial charge in [-0.15, -0.1) is 0 Å². The second-order valence-corrected chi connectivity index (χ2v) is 7.93. The number of nitrogens with two attached hydrogens (primary N) is 1. The van der Waals surface area contributed by atoms with Crippen LogP contribution in [-0.2, 0) is 6.42 Å². The Bertz CT molecular complexity index is 1350. The zero-order chi connectivity index (χ0) is 20.3. The van der Waals surface area contributed by atoms with E-state index in [2.05, 4.69) is 31.0 Å². The van der Waals surface area contributed by atoms with E-state index in [1.807, 2.05) is 31.2 Å². The van der Waals surface area contributed by atoms with E-state index in [0.717, 1.165) is 28.1 Å². The number of H-pyrrole nitrogens is 1. The summed E-state index contributed by atoms with van der Waals surface area (Å²) in [5, 5.41) is 4.30. The minimum absolute atomic E-state index is 0.240. The molecule has 5 rings (SSSR count). The molecule has 0 radical (unpaired) electrons. The number of imidazole rings is 1. The summed E-state index contributed by atoms with van der Waals surface area (Å²) < 4.78 is 16.4. The van der Waals surface area contributed by atoms with Gasteiger partial charge in [0.25, 0.3) is 0 Å². The summed E-state index contributed by atoms with van der Waals surface area (Å²) in [5.41, 5.74) is 10.7. The van der Waals surface area contributed by atoms with E-state index >= 15 is 0 Å². The standard InChI is InChI=1S/C21H15BrFN5O/c1-10-26-18-3-2-14(8-19(18)27-10)28-21(24)16(9-25-28)20(29)12-4-11-5-13(22)7-17(23)15(11)6-12/h2-3,5-9H,4,24H2,1H3,(H,26,27). The number of fused-ring (bicyclic) bond motifs is 2.